The van der Waals surface area contributed by atoms with E-state index in [1.54, 1.807) is 19.3 Å². The fourth-order valence-electron chi connectivity index (χ4n) is 2.64. The van der Waals surface area contributed by atoms with Gasteiger partial charge in [-0.25, -0.2) is 4.39 Å². The number of thiocarbonyl (C=S) groups is 1. The van der Waals surface area contributed by atoms with E-state index < -0.39 is 5.82 Å². The second-order valence-electron chi connectivity index (χ2n) is 6.36. The van der Waals surface area contributed by atoms with Gasteiger partial charge in [-0.2, -0.15) is 0 Å². The van der Waals surface area contributed by atoms with Crippen molar-refractivity contribution in [1.29, 1.82) is 0 Å². The van der Waals surface area contributed by atoms with Gasteiger partial charge in [0, 0.05) is 0 Å². The molecule has 8 heteroatoms. The summed E-state index contributed by atoms with van der Waals surface area (Å²) in [6, 6.07) is 9.53. The Balaban J connectivity index is 1.88. The minimum absolute atomic E-state index is 0.0635. The second-order valence-corrected chi connectivity index (χ2v) is 8.45. The summed E-state index contributed by atoms with van der Waals surface area (Å²) in [4.78, 5) is 14.7. The van der Waals surface area contributed by atoms with Gasteiger partial charge in [0.05, 0.1) is 28.8 Å². The summed E-state index contributed by atoms with van der Waals surface area (Å²) in [5.41, 5.74) is 1.20. The van der Waals surface area contributed by atoms with E-state index in [-0.39, 0.29) is 17.0 Å². The van der Waals surface area contributed by atoms with Crippen molar-refractivity contribution in [1.82, 2.24) is 0 Å². The number of carbonyl (C=O) groups excluding carboxylic acids is 1. The van der Waals surface area contributed by atoms with Crippen LogP contribution in [-0.2, 0) is 4.79 Å². The minimum atomic E-state index is -0.553. The zero-order chi connectivity index (χ0) is 21.1. The summed E-state index contributed by atoms with van der Waals surface area (Å²) in [5, 5.41) is -0.0674. The maximum Gasteiger partial charge on any atom is 0.270 e. The molecule has 0 bridgehead atoms. The quantitative estimate of drug-likeness (QED) is 0.393. The highest BCUT2D eigenvalue weighted by Crippen LogP contribution is 2.38. The lowest BCUT2D eigenvalue weighted by Crippen LogP contribution is -2.27. The number of thioether (sulfide) groups is 1. The van der Waals surface area contributed by atoms with Crippen LogP contribution in [0.3, 0.4) is 0 Å². The standard InChI is InChI=1S/C21H19ClFNO3S2/c1-4-12(2)27-17-8-5-13(9-18(17)26-3)10-19-20(25)24(21(28)29-19)14-6-7-16(23)15(22)11-14/h5-12H,4H2,1-3H3/b19-10+/t12-/m1/s1. The van der Waals surface area contributed by atoms with Crippen molar-refractivity contribution >= 4 is 57.6 Å². The molecule has 0 saturated carbocycles. The molecule has 1 heterocycles. The van der Waals surface area contributed by atoms with Crippen molar-refractivity contribution in [3.63, 3.8) is 0 Å². The SMILES string of the molecule is CC[C@@H](C)Oc1ccc(/C=C2/SC(=S)N(c3ccc(F)c(Cl)c3)C2=O)cc1OC. The summed E-state index contributed by atoms with van der Waals surface area (Å²) in [7, 11) is 1.57. The first-order valence-electron chi connectivity index (χ1n) is 8.91. The van der Waals surface area contributed by atoms with Crippen LogP contribution in [0, 0.1) is 5.82 Å². The molecule has 1 saturated heterocycles. The number of amides is 1. The van der Waals surface area contributed by atoms with E-state index in [4.69, 9.17) is 33.3 Å². The number of rotatable bonds is 6. The molecular weight excluding hydrogens is 433 g/mol. The molecule has 1 atom stereocenters. The minimum Gasteiger partial charge on any atom is -0.493 e. The summed E-state index contributed by atoms with van der Waals surface area (Å²) in [6.07, 6.45) is 2.68. The second kappa shape index (κ2) is 9.15. The van der Waals surface area contributed by atoms with E-state index in [1.807, 2.05) is 26.0 Å². The van der Waals surface area contributed by atoms with E-state index in [0.29, 0.717) is 26.4 Å². The first-order valence-corrected chi connectivity index (χ1v) is 10.5. The number of hydrogen-bond acceptors (Lipinski definition) is 5. The number of ether oxygens (including phenoxy) is 2. The largest absolute Gasteiger partial charge is 0.493 e. The molecule has 1 aliphatic heterocycles. The summed E-state index contributed by atoms with van der Waals surface area (Å²) in [5.74, 6) is 0.386. The molecule has 2 aromatic rings. The topological polar surface area (TPSA) is 38.8 Å². The van der Waals surface area contributed by atoms with Gasteiger partial charge in [-0.15, -0.1) is 0 Å². The van der Waals surface area contributed by atoms with Crippen LogP contribution in [0.5, 0.6) is 11.5 Å². The third-order valence-corrected chi connectivity index (χ3v) is 5.94. The molecule has 1 aliphatic rings. The van der Waals surface area contributed by atoms with E-state index in [0.717, 1.165) is 12.0 Å². The molecule has 0 N–H and O–H groups in total. The van der Waals surface area contributed by atoms with Crippen LogP contribution in [0.25, 0.3) is 6.08 Å². The van der Waals surface area contributed by atoms with E-state index in [2.05, 4.69) is 0 Å². The molecule has 152 valence electrons. The highest BCUT2D eigenvalue weighted by molar-refractivity contribution is 8.27. The molecule has 1 amide bonds. The Labute approximate surface area is 183 Å². The van der Waals surface area contributed by atoms with Gasteiger partial charge in [0.1, 0.15) is 5.82 Å². The van der Waals surface area contributed by atoms with E-state index in [1.165, 1.54) is 34.9 Å². The van der Waals surface area contributed by atoms with Crippen LogP contribution >= 0.6 is 35.6 Å². The van der Waals surface area contributed by atoms with Crippen LogP contribution in [0.2, 0.25) is 5.02 Å². The molecule has 0 unspecified atom stereocenters. The number of nitrogens with zero attached hydrogens (tertiary/aromatic N) is 1. The average Bonchev–Trinajstić information content (AvgIpc) is 2.98. The zero-order valence-electron chi connectivity index (χ0n) is 16.1. The van der Waals surface area contributed by atoms with Crippen LogP contribution in [0.15, 0.2) is 41.3 Å². The van der Waals surface area contributed by atoms with Gasteiger partial charge in [0.15, 0.2) is 15.8 Å². The van der Waals surface area contributed by atoms with Crippen molar-refractivity contribution in [3.05, 3.63) is 57.7 Å². The molecular formula is C21H19ClFNO3S2. The van der Waals surface area contributed by atoms with Gasteiger partial charge >= 0.3 is 0 Å². The number of hydrogen-bond donors (Lipinski definition) is 0. The smallest absolute Gasteiger partial charge is 0.270 e. The monoisotopic (exact) mass is 451 g/mol. The number of carbonyl (C=O) groups is 1. The highest BCUT2D eigenvalue weighted by Gasteiger charge is 2.33. The van der Waals surface area contributed by atoms with E-state index in [9.17, 15) is 9.18 Å². The van der Waals surface area contributed by atoms with Crippen molar-refractivity contribution in [3.8, 4) is 11.5 Å². The first kappa shape index (κ1) is 21.6. The maximum atomic E-state index is 13.4. The van der Waals surface area contributed by atoms with Crippen molar-refractivity contribution in [2.75, 3.05) is 12.0 Å². The third kappa shape index (κ3) is 4.74. The molecule has 2 aromatic carbocycles. The van der Waals surface area contributed by atoms with Gasteiger partial charge in [-0.1, -0.05) is 48.6 Å². The third-order valence-electron chi connectivity index (χ3n) is 4.34. The Hall–Kier alpha value is -2.09. The summed E-state index contributed by atoms with van der Waals surface area (Å²) in [6.45, 7) is 4.03. The Morgan fingerprint density at radius 3 is 2.69 bits per heavy atom. The average molecular weight is 452 g/mol. The van der Waals surface area contributed by atoms with E-state index >= 15 is 0 Å². The van der Waals surface area contributed by atoms with Crippen LogP contribution in [-0.4, -0.2) is 23.4 Å². The molecule has 4 nitrogen and oxygen atoms in total. The van der Waals surface area contributed by atoms with Gasteiger partial charge in [-0.3, -0.25) is 9.69 Å². The Morgan fingerprint density at radius 1 is 1.28 bits per heavy atom. The predicted molar refractivity (Wildman–Crippen MR) is 120 cm³/mol. The predicted octanol–water partition coefficient (Wildman–Crippen LogP) is 6.07. The molecule has 0 aliphatic carbocycles. The fourth-order valence-corrected chi connectivity index (χ4v) is 4.11. The number of benzene rings is 2. The molecule has 0 spiro atoms. The molecule has 0 radical (unpaired) electrons. The maximum absolute atomic E-state index is 13.4. The fraction of sp³-hybridized carbons (Fsp3) is 0.238. The normalized spacial score (nSPS) is 16.4. The van der Waals surface area contributed by atoms with Crippen molar-refractivity contribution in [2.45, 2.75) is 26.4 Å². The molecule has 0 aromatic heterocycles. The lowest BCUT2D eigenvalue weighted by molar-refractivity contribution is -0.113. The Bertz CT molecular complexity index is 996. The molecule has 3 rings (SSSR count). The van der Waals surface area contributed by atoms with Crippen LogP contribution in [0.4, 0.5) is 10.1 Å². The molecule has 1 fully saturated rings. The van der Waals surface area contributed by atoms with Gasteiger partial charge < -0.3 is 9.47 Å². The number of methoxy groups -OCH3 is 1. The number of anilines is 1. The number of halogens is 2. The Morgan fingerprint density at radius 2 is 2.03 bits per heavy atom. The highest BCUT2D eigenvalue weighted by atomic mass is 35.5. The Kier molecular flexibility index (Phi) is 6.82. The van der Waals surface area contributed by atoms with Gasteiger partial charge in [0.25, 0.3) is 5.91 Å². The first-order chi connectivity index (χ1) is 13.8. The van der Waals surface area contributed by atoms with Crippen LogP contribution in [0.1, 0.15) is 25.8 Å². The van der Waals surface area contributed by atoms with Gasteiger partial charge in [0.2, 0.25) is 0 Å². The lowest BCUT2D eigenvalue weighted by Gasteiger charge is -2.16. The zero-order valence-corrected chi connectivity index (χ0v) is 18.5. The van der Waals surface area contributed by atoms with Crippen molar-refractivity contribution in [2.24, 2.45) is 0 Å². The molecule has 29 heavy (non-hydrogen) atoms. The van der Waals surface area contributed by atoms with Crippen LogP contribution < -0.4 is 14.4 Å². The lowest BCUT2D eigenvalue weighted by atomic mass is 10.1. The summed E-state index contributed by atoms with van der Waals surface area (Å²) >= 11 is 12.4. The van der Waals surface area contributed by atoms with Gasteiger partial charge in [-0.05, 0) is 55.3 Å². The van der Waals surface area contributed by atoms with Crippen molar-refractivity contribution < 1.29 is 18.7 Å². The summed E-state index contributed by atoms with van der Waals surface area (Å²) < 4.78 is 25.1.